The third-order valence-corrected chi connectivity index (χ3v) is 7.83. The second-order valence-corrected chi connectivity index (χ2v) is 11.1. The maximum absolute atomic E-state index is 14.3. The van der Waals surface area contributed by atoms with Gasteiger partial charge in [-0.15, -0.1) is 0 Å². The Morgan fingerprint density at radius 2 is 1.52 bits per heavy atom. The number of aryl methyl sites for hydroxylation is 2. The van der Waals surface area contributed by atoms with Crippen LogP contribution in [0.1, 0.15) is 78.7 Å². The third kappa shape index (κ3) is 8.01. The minimum absolute atomic E-state index is 0.0320. The van der Waals surface area contributed by atoms with Gasteiger partial charge >= 0.3 is 0 Å². The molecule has 0 saturated carbocycles. The average molecular weight is 544 g/mol. The van der Waals surface area contributed by atoms with E-state index in [1.165, 1.54) is 17.2 Å². The summed E-state index contributed by atoms with van der Waals surface area (Å²) >= 11 is 0. The van der Waals surface area contributed by atoms with Crippen molar-refractivity contribution in [3.05, 3.63) is 100 Å². The highest BCUT2D eigenvalue weighted by Gasteiger charge is 2.24. The molecule has 3 aromatic rings. The molecule has 5 nitrogen and oxygen atoms in total. The third-order valence-electron chi connectivity index (χ3n) is 7.83. The molecule has 40 heavy (non-hydrogen) atoms. The Balaban J connectivity index is 1.26. The van der Waals surface area contributed by atoms with Gasteiger partial charge in [-0.05, 0) is 93.9 Å². The predicted octanol–water partition coefficient (Wildman–Crippen LogP) is 6.70. The minimum Gasteiger partial charge on any atom is -0.355 e. The fraction of sp³-hybridized carbons (Fsp3) is 0.412. The normalized spacial score (nSPS) is 14.3. The van der Waals surface area contributed by atoms with Crippen molar-refractivity contribution in [3.8, 4) is 0 Å². The summed E-state index contributed by atoms with van der Waals surface area (Å²) in [5, 5.41) is 5.90. The van der Waals surface area contributed by atoms with Crippen molar-refractivity contribution in [2.75, 3.05) is 31.5 Å². The maximum Gasteiger partial charge on any atom is 0.232 e. The lowest BCUT2D eigenvalue weighted by Gasteiger charge is -2.32. The summed E-state index contributed by atoms with van der Waals surface area (Å²) in [4.78, 5) is 27.7. The SMILES string of the molecule is CCCC(=O)Nc1cc(C2CCN(CCCNC(=O)C(c3ccc(C)cc3)c3ccc(C)cc3)CC2)ccc1F. The van der Waals surface area contributed by atoms with Crippen molar-refractivity contribution in [2.45, 2.75) is 64.7 Å². The summed E-state index contributed by atoms with van der Waals surface area (Å²) in [6.07, 6.45) is 3.98. The van der Waals surface area contributed by atoms with Crippen molar-refractivity contribution >= 4 is 17.5 Å². The van der Waals surface area contributed by atoms with Crippen LogP contribution in [0.3, 0.4) is 0 Å². The van der Waals surface area contributed by atoms with Crippen LogP contribution >= 0.6 is 0 Å². The number of hydrogen-bond donors (Lipinski definition) is 2. The van der Waals surface area contributed by atoms with Gasteiger partial charge in [0.1, 0.15) is 5.82 Å². The number of rotatable bonds is 11. The highest BCUT2D eigenvalue weighted by molar-refractivity contribution is 5.91. The van der Waals surface area contributed by atoms with Crippen LogP contribution in [-0.4, -0.2) is 42.9 Å². The van der Waals surface area contributed by atoms with Gasteiger partial charge in [-0.3, -0.25) is 9.59 Å². The van der Waals surface area contributed by atoms with E-state index in [1.807, 2.05) is 37.3 Å². The zero-order chi connectivity index (χ0) is 28.5. The average Bonchev–Trinajstić information content (AvgIpc) is 2.95. The number of nitrogens with zero attached hydrogens (tertiary/aromatic N) is 1. The number of anilines is 1. The van der Waals surface area contributed by atoms with Gasteiger partial charge in [0.05, 0.1) is 11.6 Å². The van der Waals surface area contributed by atoms with E-state index in [1.54, 1.807) is 6.07 Å². The van der Waals surface area contributed by atoms with Gasteiger partial charge < -0.3 is 15.5 Å². The Morgan fingerprint density at radius 3 is 2.10 bits per heavy atom. The van der Waals surface area contributed by atoms with Crippen LogP contribution in [0.5, 0.6) is 0 Å². The molecular weight excluding hydrogens is 501 g/mol. The first kappa shape index (κ1) is 29.5. The fourth-order valence-electron chi connectivity index (χ4n) is 5.45. The van der Waals surface area contributed by atoms with Crippen LogP contribution in [0.15, 0.2) is 66.7 Å². The van der Waals surface area contributed by atoms with E-state index in [2.05, 4.69) is 53.6 Å². The van der Waals surface area contributed by atoms with Gasteiger partial charge in [0, 0.05) is 13.0 Å². The van der Waals surface area contributed by atoms with Crippen LogP contribution in [0.25, 0.3) is 0 Å². The predicted molar refractivity (Wildman–Crippen MR) is 160 cm³/mol. The molecule has 2 amide bonds. The molecule has 0 bridgehead atoms. The molecule has 3 aromatic carbocycles. The monoisotopic (exact) mass is 543 g/mol. The van der Waals surface area contributed by atoms with E-state index in [0.29, 0.717) is 18.9 Å². The summed E-state index contributed by atoms with van der Waals surface area (Å²) in [5.74, 6) is -0.485. The molecule has 4 rings (SSSR count). The number of benzene rings is 3. The Labute approximate surface area is 238 Å². The Morgan fingerprint density at radius 1 is 0.925 bits per heavy atom. The largest absolute Gasteiger partial charge is 0.355 e. The second-order valence-electron chi connectivity index (χ2n) is 11.1. The van der Waals surface area contributed by atoms with Gasteiger partial charge in [-0.1, -0.05) is 72.6 Å². The lowest BCUT2D eigenvalue weighted by molar-refractivity contribution is -0.121. The van der Waals surface area contributed by atoms with Crippen LogP contribution in [0.4, 0.5) is 10.1 Å². The number of amides is 2. The van der Waals surface area contributed by atoms with Gasteiger partial charge in [0.25, 0.3) is 0 Å². The molecule has 1 aliphatic heterocycles. The summed E-state index contributed by atoms with van der Waals surface area (Å²) in [6.45, 7) is 9.52. The highest BCUT2D eigenvalue weighted by atomic mass is 19.1. The summed E-state index contributed by atoms with van der Waals surface area (Å²) < 4.78 is 14.3. The van der Waals surface area contributed by atoms with Crippen LogP contribution in [0, 0.1) is 19.7 Å². The molecule has 0 spiro atoms. The zero-order valence-corrected chi connectivity index (χ0v) is 24.0. The number of hydrogen-bond acceptors (Lipinski definition) is 3. The van der Waals surface area contributed by atoms with Crippen molar-refractivity contribution in [1.29, 1.82) is 0 Å². The maximum atomic E-state index is 14.3. The summed E-state index contributed by atoms with van der Waals surface area (Å²) in [5.41, 5.74) is 5.72. The van der Waals surface area contributed by atoms with Gasteiger partial charge in [-0.2, -0.15) is 0 Å². The van der Waals surface area contributed by atoms with E-state index < -0.39 is 0 Å². The molecule has 6 heteroatoms. The van der Waals surface area contributed by atoms with Crippen molar-refractivity contribution < 1.29 is 14.0 Å². The van der Waals surface area contributed by atoms with Crippen molar-refractivity contribution in [1.82, 2.24) is 10.2 Å². The highest BCUT2D eigenvalue weighted by Crippen LogP contribution is 2.31. The molecule has 0 atom stereocenters. The minimum atomic E-state index is -0.389. The first-order valence-electron chi connectivity index (χ1n) is 14.6. The lowest BCUT2D eigenvalue weighted by Crippen LogP contribution is -2.36. The van der Waals surface area contributed by atoms with Crippen molar-refractivity contribution in [3.63, 3.8) is 0 Å². The van der Waals surface area contributed by atoms with Gasteiger partial charge in [0.2, 0.25) is 11.8 Å². The molecule has 0 unspecified atom stereocenters. The second kappa shape index (κ2) is 14.2. The summed E-state index contributed by atoms with van der Waals surface area (Å²) in [6, 6.07) is 21.5. The molecule has 0 aliphatic carbocycles. The Bertz CT molecular complexity index is 1220. The van der Waals surface area contributed by atoms with Gasteiger partial charge in [0.15, 0.2) is 0 Å². The van der Waals surface area contributed by atoms with Crippen LogP contribution in [0.2, 0.25) is 0 Å². The van der Waals surface area contributed by atoms with Crippen molar-refractivity contribution in [2.24, 2.45) is 0 Å². The Kier molecular flexibility index (Phi) is 10.5. The molecular formula is C34H42FN3O2. The number of likely N-dealkylation sites (tertiary alicyclic amines) is 1. The standard InChI is InChI=1S/C34H42FN3O2/c1-4-6-32(39)37-31-23-29(15-16-30(31)35)26-17-21-38(22-18-26)20-5-19-36-34(40)33(27-11-7-24(2)8-12-27)28-13-9-25(3)10-14-28/h7-16,23,26,33H,4-6,17-22H2,1-3H3,(H,36,40)(H,37,39). The van der Waals surface area contributed by atoms with Gasteiger partial charge in [-0.25, -0.2) is 4.39 Å². The molecule has 1 heterocycles. The first-order chi connectivity index (χ1) is 19.3. The van der Waals surface area contributed by atoms with E-state index in [0.717, 1.165) is 62.0 Å². The molecule has 212 valence electrons. The lowest BCUT2D eigenvalue weighted by atomic mass is 9.89. The zero-order valence-electron chi connectivity index (χ0n) is 24.0. The Hall–Kier alpha value is -3.51. The quantitative estimate of drug-likeness (QED) is 0.265. The smallest absolute Gasteiger partial charge is 0.232 e. The van der Waals surface area contributed by atoms with E-state index in [4.69, 9.17) is 0 Å². The van der Waals surface area contributed by atoms with E-state index in [-0.39, 0.29) is 29.2 Å². The number of carbonyl (C=O) groups excluding carboxylic acids is 2. The van der Waals surface area contributed by atoms with E-state index >= 15 is 0 Å². The number of halogens is 1. The molecule has 0 aromatic heterocycles. The van der Waals surface area contributed by atoms with Crippen LogP contribution < -0.4 is 10.6 Å². The van der Waals surface area contributed by atoms with E-state index in [9.17, 15) is 14.0 Å². The topological polar surface area (TPSA) is 61.4 Å². The molecule has 2 N–H and O–H groups in total. The first-order valence-corrected chi connectivity index (χ1v) is 14.6. The number of piperidine rings is 1. The summed E-state index contributed by atoms with van der Waals surface area (Å²) in [7, 11) is 0. The fourth-order valence-corrected chi connectivity index (χ4v) is 5.45. The molecule has 1 fully saturated rings. The number of nitrogens with one attached hydrogen (secondary N) is 2. The molecule has 0 radical (unpaired) electrons. The molecule has 1 aliphatic rings. The molecule has 1 saturated heterocycles. The van der Waals surface area contributed by atoms with Crippen LogP contribution in [-0.2, 0) is 9.59 Å². The number of carbonyl (C=O) groups is 2.